The van der Waals surface area contributed by atoms with Gasteiger partial charge in [-0.2, -0.15) is 0 Å². The van der Waals surface area contributed by atoms with Crippen molar-refractivity contribution in [2.45, 2.75) is 24.0 Å². The van der Waals surface area contributed by atoms with Crippen LogP contribution in [0.2, 0.25) is 0 Å². The predicted octanol–water partition coefficient (Wildman–Crippen LogP) is 5.13. The highest BCUT2D eigenvalue weighted by atomic mass is 32.2. The summed E-state index contributed by atoms with van der Waals surface area (Å²) in [5, 5.41) is 5.51. The number of benzene rings is 3. The van der Waals surface area contributed by atoms with Crippen molar-refractivity contribution in [3.8, 4) is 5.75 Å². The fourth-order valence-corrected chi connectivity index (χ4v) is 3.55. The van der Waals surface area contributed by atoms with Crippen molar-refractivity contribution >= 4 is 35.0 Å². The topological polar surface area (TPSA) is 67.4 Å². The highest BCUT2D eigenvalue weighted by molar-refractivity contribution is 8.00. The monoisotopic (exact) mass is 420 g/mol. The molecular formula is C24H24N2O3S. The fraction of sp³-hybridized carbons (Fsp3) is 0.167. The third-order valence-corrected chi connectivity index (χ3v) is 5.45. The minimum Gasteiger partial charge on any atom is -0.484 e. The molecule has 0 radical (unpaired) electrons. The lowest BCUT2D eigenvalue weighted by molar-refractivity contribution is -0.118. The van der Waals surface area contributed by atoms with E-state index in [1.807, 2.05) is 80.6 Å². The molecule has 30 heavy (non-hydrogen) atoms. The number of carbonyl (C=O) groups excluding carboxylic acids is 2. The molecule has 0 aliphatic heterocycles. The molecule has 0 heterocycles. The largest absolute Gasteiger partial charge is 0.484 e. The quantitative estimate of drug-likeness (QED) is 0.496. The number of para-hydroxylation sites is 2. The Morgan fingerprint density at radius 3 is 2.27 bits per heavy atom. The first-order chi connectivity index (χ1) is 14.5. The van der Waals surface area contributed by atoms with Crippen LogP contribution in [0.25, 0.3) is 0 Å². The summed E-state index contributed by atoms with van der Waals surface area (Å²) in [4.78, 5) is 25.5. The maximum absolute atomic E-state index is 12.5. The van der Waals surface area contributed by atoms with Crippen LogP contribution >= 0.6 is 11.8 Å². The predicted molar refractivity (Wildman–Crippen MR) is 122 cm³/mol. The average molecular weight is 421 g/mol. The summed E-state index contributed by atoms with van der Waals surface area (Å²) >= 11 is 1.46. The number of thioether (sulfide) groups is 1. The molecule has 2 amide bonds. The molecule has 0 saturated heterocycles. The van der Waals surface area contributed by atoms with Gasteiger partial charge in [0.1, 0.15) is 5.75 Å². The van der Waals surface area contributed by atoms with Gasteiger partial charge in [0.2, 0.25) is 5.91 Å². The molecule has 2 N–H and O–H groups in total. The molecule has 3 aromatic carbocycles. The second-order valence-corrected chi connectivity index (χ2v) is 8.15. The normalized spacial score (nSPS) is 11.4. The Balaban J connectivity index is 1.48. The number of rotatable bonds is 8. The maximum atomic E-state index is 12.5. The Hall–Kier alpha value is -3.25. The Morgan fingerprint density at radius 2 is 1.57 bits per heavy atom. The van der Waals surface area contributed by atoms with Crippen LogP contribution in [-0.2, 0) is 9.59 Å². The minimum absolute atomic E-state index is 0.0512. The van der Waals surface area contributed by atoms with E-state index in [1.54, 1.807) is 12.1 Å². The first-order valence-electron chi connectivity index (χ1n) is 9.62. The molecule has 0 aliphatic carbocycles. The minimum atomic E-state index is -0.260. The standard InChI is InChI=1S/C24H24N2O3S/c1-17-8-6-7-11-22(17)26-24(28)18(2)30-21-14-12-19(13-15-21)25-23(27)16-29-20-9-4-3-5-10-20/h3-15,18H,16H2,1-2H3,(H,25,27)(H,26,28). The van der Waals surface area contributed by atoms with Gasteiger partial charge in [-0.3, -0.25) is 9.59 Å². The molecule has 3 aromatic rings. The molecule has 6 heteroatoms. The lowest BCUT2D eigenvalue weighted by Crippen LogP contribution is -2.22. The molecule has 154 valence electrons. The third-order valence-electron chi connectivity index (χ3n) is 4.34. The van der Waals surface area contributed by atoms with E-state index in [1.165, 1.54) is 11.8 Å². The molecule has 5 nitrogen and oxygen atoms in total. The first kappa shape index (κ1) is 21.5. The highest BCUT2D eigenvalue weighted by Gasteiger charge is 2.15. The summed E-state index contributed by atoms with van der Waals surface area (Å²) < 4.78 is 5.44. The summed E-state index contributed by atoms with van der Waals surface area (Å²) in [5.74, 6) is 0.368. The third kappa shape index (κ3) is 6.39. The van der Waals surface area contributed by atoms with E-state index in [0.717, 1.165) is 16.1 Å². The van der Waals surface area contributed by atoms with Crippen molar-refractivity contribution in [2.24, 2.45) is 0 Å². The number of anilines is 2. The summed E-state index contributed by atoms with van der Waals surface area (Å²) in [6.45, 7) is 3.77. The van der Waals surface area contributed by atoms with Crippen molar-refractivity contribution in [2.75, 3.05) is 17.2 Å². The number of hydrogen-bond acceptors (Lipinski definition) is 4. The van der Waals surface area contributed by atoms with Gasteiger partial charge in [0, 0.05) is 16.3 Å². The van der Waals surface area contributed by atoms with Crippen molar-refractivity contribution in [1.29, 1.82) is 0 Å². The summed E-state index contributed by atoms with van der Waals surface area (Å²) in [7, 11) is 0. The van der Waals surface area contributed by atoms with Crippen molar-refractivity contribution in [3.63, 3.8) is 0 Å². The van der Waals surface area contributed by atoms with Crippen LogP contribution in [0.1, 0.15) is 12.5 Å². The molecule has 0 saturated carbocycles. The Kier molecular flexibility index (Phi) is 7.51. The van der Waals surface area contributed by atoms with E-state index >= 15 is 0 Å². The zero-order valence-corrected chi connectivity index (χ0v) is 17.7. The molecule has 1 unspecified atom stereocenters. The smallest absolute Gasteiger partial charge is 0.262 e. The van der Waals surface area contributed by atoms with Crippen LogP contribution in [0.4, 0.5) is 11.4 Å². The fourth-order valence-electron chi connectivity index (χ4n) is 2.68. The van der Waals surface area contributed by atoms with Gasteiger partial charge in [-0.05, 0) is 61.9 Å². The van der Waals surface area contributed by atoms with E-state index in [4.69, 9.17) is 4.74 Å². The molecule has 0 bridgehead atoms. The van der Waals surface area contributed by atoms with E-state index < -0.39 is 0 Å². The zero-order valence-electron chi connectivity index (χ0n) is 16.9. The molecule has 3 rings (SSSR count). The lowest BCUT2D eigenvalue weighted by Gasteiger charge is -2.14. The van der Waals surface area contributed by atoms with Gasteiger partial charge in [-0.25, -0.2) is 0 Å². The Bertz CT molecular complexity index is 991. The van der Waals surface area contributed by atoms with Gasteiger partial charge < -0.3 is 15.4 Å². The van der Waals surface area contributed by atoms with Gasteiger partial charge in [0.25, 0.3) is 5.91 Å². The summed E-state index contributed by atoms with van der Waals surface area (Å²) in [5.41, 5.74) is 2.53. The van der Waals surface area contributed by atoms with Crippen molar-refractivity contribution in [1.82, 2.24) is 0 Å². The SMILES string of the molecule is Cc1ccccc1NC(=O)C(C)Sc1ccc(NC(=O)COc2ccccc2)cc1. The van der Waals surface area contributed by atoms with Crippen LogP contribution in [0, 0.1) is 6.92 Å². The van der Waals surface area contributed by atoms with Crippen LogP contribution in [0.5, 0.6) is 5.75 Å². The van der Waals surface area contributed by atoms with Gasteiger partial charge in [0.15, 0.2) is 6.61 Å². The van der Waals surface area contributed by atoms with Gasteiger partial charge in [-0.15, -0.1) is 11.8 Å². The van der Waals surface area contributed by atoms with E-state index in [9.17, 15) is 9.59 Å². The van der Waals surface area contributed by atoms with E-state index in [-0.39, 0.29) is 23.7 Å². The number of nitrogens with one attached hydrogen (secondary N) is 2. The second-order valence-electron chi connectivity index (χ2n) is 6.74. The Morgan fingerprint density at radius 1 is 0.900 bits per heavy atom. The lowest BCUT2D eigenvalue weighted by atomic mass is 10.2. The summed E-state index contributed by atoms with van der Waals surface area (Å²) in [6.07, 6.45) is 0. The van der Waals surface area contributed by atoms with Crippen LogP contribution in [0.15, 0.2) is 83.8 Å². The zero-order chi connectivity index (χ0) is 21.3. The van der Waals surface area contributed by atoms with Crippen molar-refractivity contribution in [3.05, 3.63) is 84.4 Å². The van der Waals surface area contributed by atoms with Gasteiger partial charge in [0.05, 0.1) is 5.25 Å². The second kappa shape index (κ2) is 10.5. The van der Waals surface area contributed by atoms with Gasteiger partial charge >= 0.3 is 0 Å². The molecule has 0 spiro atoms. The van der Waals surface area contributed by atoms with Gasteiger partial charge in [-0.1, -0.05) is 36.4 Å². The molecule has 0 fully saturated rings. The number of aryl methyl sites for hydroxylation is 1. The number of carbonyl (C=O) groups is 2. The van der Waals surface area contributed by atoms with Crippen molar-refractivity contribution < 1.29 is 14.3 Å². The number of ether oxygens (including phenoxy) is 1. The average Bonchev–Trinajstić information content (AvgIpc) is 2.76. The van der Waals surface area contributed by atoms with Crippen LogP contribution < -0.4 is 15.4 Å². The molecule has 0 aromatic heterocycles. The van der Waals surface area contributed by atoms with E-state index in [2.05, 4.69) is 10.6 Å². The maximum Gasteiger partial charge on any atom is 0.262 e. The molecule has 0 aliphatic rings. The number of hydrogen-bond donors (Lipinski definition) is 2. The molecular weight excluding hydrogens is 396 g/mol. The Labute approximate surface area is 180 Å². The highest BCUT2D eigenvalue weighted by Crippen LogP contribution is 2.26. The van der Waals surface area contributed by atoms with Crippen LogP contribution in [-0.4, -0.2) is 23.7 Å². The summed E-state index contributed by atoms with van der Waals surface area (Å²) in [6, 6.07) is 24.3. The van der Waals surface area contributed by atoms with E-state index in [0.29, 0.717) is 11.4 Å². The molecule has 1 atom stereocenters. The first-order valence-corrected chi connectivity index (χ1v) is 10.5. The van der Waals surface area contributed by atoms with Crippen LogP contribution in [0.3, 0.4) is 0 Å². The number of amides is 2.